The Morgan fingerprint density at radius 1 is 0.489 bits per heavy atom. The molecule has 0 fully saturated rings. The van der Waals surface area contributed by atoms with Crippen molar-refractivity contribution in [3.05, 3.63) is 163 Å². The van der Waals surface area contributed by atoms with Crippen molar-refractivity contribution < 1.29 is 4.42 Å². The van der Waals surface area contributed by atoms with Crippen LogP contribution in [0.15, 0.2) is 156 Å². The summed E-state index contributed by atoms with van der Waals surface area (Å²) in [6.45, 7) is 4.72. The number of para-hydroxylation sites is 3. The predicted molar refractivity (Wildman–Crippen MR) is 189 cm³/mol. The Kier molecular flexibility index (Phi) is 5.58. The molecule has 214 valence electrons. The molecule has 0 saturated heterocycles. The molecule has 0 N–H and O–H groups in total. The Morgan fingerprint density at radius 2 is 1.16 bits per heavy atom. The number of hydrogen-bond donors (Lipinski definition) is 0. The fourth-order valence-electron chi connectivity index (χ4n) is 7.40. The smallest absolute Gasteiger partial charge is 0.159 e. The fraction of sp³-hybridized carbons (Fsp3) is 0.0698. The Bertz CT molecular complexity index is 2410. The van der Waals surface area contributed by atoms with Crippen LogP contribution < -0.4 is 4.90 Å². The summed E-state index contributed by atoms with van der Waals surface area (Å²) in [5.41, 5.74) is 12.6. The van der Waals surface area contributed by atoms with Crippen LogP contribution >= 0.6 is 0 Å². The molecular formula is C43H31NO. The standard InChI is InChI=1S/C43H31NO/c1-43(2)37-26-30-16-7-6-15-29(30)25-36(37)33-24-23-31(27-38(33)43)44(39-20-10-8-17-32(39)28-13-4-3-5-14-28)40-21-12-19-35-34-18-9-11-22-41(34)45-42(35)40/h3-27H,1-2H3. The molecule has 0 spiro atoms. The Hall–Kier alpha value is -5.60. The van der Waals surface area contributed by atoms with Gasteiger partial charge in [0.25, 0.3) is 0 Å². The van der Waals surface area contributed by atoms with Crippen LogP contribution in [0.1, 0.15) is 25.0 Å². The Morgan fingerprint density at radius 3 is 2.02 bits per heavy atom. The number of hydrogen-bond acceptors (Lipinski definition) is 2. The first kappa shape index (κ1) is 25.9. The molecule has 1 heterocycles. The minimum atomic E-state index is -0.152. The van der Waals surface area contributed by atoms with E-state index in [1.54, 1.807) is 0 Å². The summed E-state index contributed by atoms with van der Waals surface area (Å²) in [5.74, 6) is 0. The van der Waals surface area contributed by atoms with Gasteiger partial charge in [-0.25, -0.2) is 0 Å². The van der Waals surface area contributed by atoms with Crippen molar-refractivity contribution in [1.29, 1.82) is 0 Å². The van der Waals surface area contributed by atoms with E-state index in [1.165, 1.54) is 44.2 Å². The second-order valence-corrected chi connectivity index (χ2v) is 12.6. The first-order valence-electron chi connectivity index (χ1n) is 15.6. The summed E-state index contributed by atoms with van der Waals surface area (Å²) in [6.07, 6.45) is 0. The largest absolute Gasteiger partial charge is 0.454 e. The lowest BCUT2D eigenvalue weighted by Gasteiger charge is -2.29. The van der Waals surface area contributed by atoms with Crippen molar-refractivity contribution in [2.24, 2.45) is 0 Å². The first-order chi connectivity index (χ1) is 22.1. The van der Waals surface area contributed by atoms with E-state index in [9.17, 15) is 0 Å². The number of rotatable bonds is 4. The molecular weight excluding hydrogens is 546 g/mol. The summed E-state index contributed by atoms with van der Waals surface area (Å²) in [7, 11) is 0. The molecule has 0 atom stereocenters. The second-order valence-electron chi connectivity index (χ2n) is 12.6. The van der Waals surface area contributed by atoms with Crippen molar-refractivity contribution >= 4 is 49.8 Å². The minimum absolute atomic E-state index is 0.152. The molecule has 7 aromatic carbocycles. The van der Waals surface area contributed by atoms with E-state index in [-0.39, 0.29) is 5.41 Å². The third kappa shape index (κ3) is 3.89. The number of anilines is 3. The van der Waals surface area contributed by atoms with Crippen LogP contribution in [0.5, 0.6) is 0 Å². The van der Waals surface area contributed by atoms with Gasteiger partial charge in [-0.15, -0.1) is 0 Å². The van der Waals surface area contributed by atoms with Crippen LogP contribution in [0.25, 0.3) is 55.0 Å². The quantitative estimate of drug-likeness (QED) is 0.207. The highest BCUT2D eigenvalue weighted by atomic mass is 16.3. The van der Waals surface area contributed by atoms with Gasteiger partial charge in [0.2, 0.25) is 0 Å². The van der Waals surface area contributed by atoms with Crippen LogP contribution in [-0.4, -0.2) is 0 Å². The van der Waals surface area contributed by atoms with E-state index >= 15 is 0 Å². The monoisotopic (exact) mass is 577 g/mol. The van der Waals surface area contributed by atoms with Gasteiger partial charge in [-0.3, -0.25) is 0 Å². The Labute approximate surface area is 262 Å². The van der Waals surface area contributed by atoms with Crippen molar-refractivity contribution in [2.45, 2.75) is 19.3 Å². The molecule has 0 saturated carbocycles. The maximum Gasteiger partial charge on any atom is 0.159 e. The predicted octanol–water partition coefficient (Wildman–Crippen LogP) is 12.2. The summed E-state index contributed by atoms with van der Waals surface area (Å²) >= 11 is 0. The molecule has 2 heteroatoms. The van der Waals surface area contributed by atoms with Gasteiger partial charge in [-0.2, -0.15) is 0 Å². The summed E-state index contributed by atoms with van der Waals surface area (Å²) in [5, 5.41) is 4.81. The van der Waals surface area contributed by atoms with Crippen LogP contribution in [0, 0.1) is 0 Å². The number of furan rings is 1. The molecule has 0 unspecified atom stereocenters. The van der Waals surface area contributed by atoms with E-state index in [4.69, 9.17) is 4.42 Å². The molecule has 0 amide bonds. The minimum Gasteiger partial charge on any atom is -0.454 e. The molecule has 1 aromatic heterocycles. The molecule has 0 aliphatic heterocycles. The lowest BCUT2D eigenvalue weighted by atomic mass is 9.81. The molecule has 0 bridgehead atoms. The lowest BCUT2D eigenvalue weighted by molar-refractivity contribution is 0.661. The van der Waals surface area contributed by atoms with E-state index < -0.39 is 0 Å². The zero-order chi connectivity index (χ0) is 30.1. The third-order valence-electron chi connectivity index (χ3n) is 9.64. The molecule has 0 radical (unpaired) electrons. The van der Waals surface area contributed by atoms with Gasteiger partial charge in [0, 0.05) is 27.4 Å². The summed E-state index contributed by atoms with van der Waals surface area (Å²) in [6, 6.07) is 54.6. The van der Waals surface area contributed by atoms with Gasteiger partial charge in [0.15, 0.2) is 5.58 Å². The van der Waals surface area contributed by atoms with Gasteiger partial charge in [-0.1, -0.05) is 123 Å². The van der Waals surface area contributed by atoms with Gasteiger partial charge < -0.3 is 9.32 Å². The van der Waals surface area contributed by atoms with Gasteiger partial charge >= 0.3 is 0 Å². The highest BCUT2D eigenvalue weighted by molar-refractivity contribution is 6.11. The van der Waals surface area contributed by atoms with Crippen LogP contribution in [0.2, 0.25) is 0 Å². The normalized spacial score (nSPS) is 13.3. The average Bonchev–Trinajstić information content (AvgIpc) is 3.57. The topological polar surface area (TPSA) is 16.4 Å². The van der Waals surface area contributed by atoms with E-state index in [2.05, 4.69) is 164 Å². The van der Waals surface area contributed by atoms with Crippen LogP contribution in [0.3, 0.4) is 0 Å². The fourth-order valence-corrected chi connectivity index (χ4v) is 7.40. The number of fused-ring (bicyclic) bond motifs is 7. The molecule has 45 heavy (non-hydrogen) atoms. The van der Waals surface area contributed by atoms with Gasteiger partial charge in [0.1, 0.15) is 5.58 Å². The number of nitrogens with zero attached hydrogens (tertiary/aromatic N) is 1. The summed E-state index contributed by atoms with van der Waals surface area (Å²) in [4.78, 5) is 2.39. The zero-order valence-electron chi connectivity index (χ0n) is 25.3. The molecule has 8 aromatic rings. The van der Waals surface area contributed by atoms with Crippen molar-refractivity contribution in [3.8, 4) is 22.3 Å². The lowest BCUT2D eigenvalue weighted by Crippen LogP contribution is -2.17. The average molecular weight is 578 g/mol. The van der Waals surface area contributed by atoms with E-state index in [0.717, 1.165) is 39.0 Å². The van der Waals surface area contributed by atoms with Crippen LogP contribution in [-0.2, 0) is 5.41 Å². The van der Waals surface area contributed by atoms with Gasteiger partial charge in [0.05, 0.1) is 11.4 Å². The van der Waals surface area contributed by atoms with E-state index in [0.29, 0.717) is 0 Å². The highest BCUT2D eigenvalue weighted by Crippen LogP contribution is 2.53. The second kappa shape index (κ2) is 9.70. The number of benzene rings is 7. The van der Waals surface area contributed by atoms with Crippen molar-refractivity contribution in [2.75, 3.05) is 4.90 Å². The SMILES string of the molecule is CC1(C)c2cc(N(c3ccccc3-c3ccccc3)c3cccc4c3oc3ccccc34)ccc2-c2cc3ccccc3cc21. The highest BCUT2D eigenvalue weighted by Gasteiger charge is 2.36. The zero-order valence-corrected chi connectivity index (χ0v) is 25.3. The van der Waals surface area contributed by atoms with Crippen molar-refractivity contribution in [1.82, 2.24) is 0 Å². The summed E-state index contributed by atoms with van der Waals surface area (Å²) < 4.78 is 6.64. The Balaban J connectivity index is 1.31. The maximum absolute atomic E-state index is 6.64. The van der Waals surface area contributed by atoms with Crippen molar-refractivity contribution in [3.63, 3.8) is 0 Å². The van der Waals surface area contributed by atoms with Gasteiger partial charge in [-0.05, 0) is 81.1 Å². The molecule has 1 aliphatic carbocycles. The molecule has 2 nitrogen and oxygen atoms in total. The molecule has 1 aliphatic rings. The molecule has 9 rings (SSSR count). The van der Waals surface area contributed by atoms with E-state index in [1.807, 2.05) is 6.07 Å². The third-order valence-corrected chi connectivity index (χ3v) is 9.64. The van der Waals surface area contributed by atoms with Crippen LogP contribution in [0.4, 0.5) is 17.1 Å². The first-order valence-corrected chi connectivity index (χ1v) is 15.6. The maximum atomic E-state index is 6.64.